The van der Waals surface area contributed by atoms with E-state index in [1.54, 1.807) is 24.3 Å². The van der Waals surface area contributed by atoms with Gasteiger partial charge in [0.1, 0.15) is 0 Å². The zero-order valence-electron chi connectivity index (χ0n) is 13.1. The molecule has 1 amide bonds. The summed E-state index contributed by atoms with van der Waals surface area (Å²) in [5.74, 6) is -0.732. The summed E-state index contributed by atoms with van der Waals surface area (Å²) in [4.78, 5) is 23.5. The van der Waals surface area contributed by atoms with E-state index < -0.39 is 5.97 Å². The molecular weight excluding hydrogens is 268 g/mol. The van der Waals surface area contributed by atoms with E-state index in [1.807, 2.05) is 0 Å². The standard InChI is InChI=1S/C16H24N2O3/c1-16(2,3)9-12(10-17)14(19)18-13-7-5-11(6-8-13)15(20)21-4/h5-8,12H,9-10,17H2,1-4H3,(H,18,19). The van der Waals surface area contributed by atoms with E-state index in [2.05, 4.69) is 30.8 Å². The number of methoxy groups -OCH3 is 1. The van der Waals surface area contributed by atoms with Crippen LogP contribution in [-0.4, -0.2) is 25.5 Å². The molecule has 0 fully saturated rings. The van der Waals surface area contributed by atoms with Crippen molar-refractivity contribution in [2.24, 2.45) is 17.1 Å². The Hall–Kier alpha value is -1.88. The second kappa shape index (κ2) is 7.22. The maximum Gasteiger partial charge on any atom is 0.337 e. The van der Waals surface area contributed by atoms with Crippen molar-refractivity contribution < 1.29 is 14.3 Å². The summed E-state index contributed by atoms with van der Waals surface area (Å²) in [5.41, 5.74) is 6.82. The molecule has 0 radical (unpaired) electrons. The van der Waals surface area contributed by atoms with Crippen LogP contribution in [0.25, 0.3) is 0 Å². The molecule has 5 heteroatoms. The van der Waals surface area contributed by atoms with Gasteiger partial charge in [0, 0.05) is 12.2 Å². The van der Waals surface area contributed by atoms with Crippen LogP contribution < -0.4 is 11.1 Å². The Labute approximate surface area is 125 Å². The number of amides is 1. The van der Waals surface area contributed by atoms with Crippen molar-refractivity contribution in [1.82, 2.24) is 0 Å². The van der Waals surface area contributed by atoms with Crippen molar-refractivity contribution in [3.63, 3.8) is 0 Å². The van der Waals surface area contributed by atoms with Crippen molar-refractivity contribution in [3.8, 4) is 0 Å². The van der Waals surface area contributed by atoms with E-state index in [4.69, 9.17) is 5.73 Å². The van der Waals surface area contributed by atoms with Gasteiger partial charge in [0.2, 0.25) is 5.91 Å². The van der Waals surface area contributed by atoms with Gasteiger partial charge >= 0.3 is 5.97 Å². The van der Waals surface area contributed by atoms with Gasteiger partial charge in [-0.05, 0) is 36.1 Å². The quantitative estimate of drug-likeness (QED) is 0.817. The van der Waals surface area contributed by atoms with Crippen LogP contribution in [0.2, 0.25) is 0 Å². The van der Waals surface area contributed by atoms with Crippen LogP contribution >= 0.6 is 0 Å². The highest BCUT2D eigenvalue weighted by atomic mass is 16.5. The predicted molar refractivity (Wildman–Crippen MR) is 83.0 cm³/mol. The summed E-state index contributed by atoms with van der Waals surface area (Å²) in [7, 11) is 1.33. The van der Waals surface area contributed by atoms with Crippen LogP contribution in [0.5, 0.6) is 0 Å². The molecule has 0 aliphatic carbocycles. The third-order valence-electron chi connectivity index (χ3n) is 3.09. The number of ether oxygens (including phenoxy) is 1. The summed E-state index contributed by atoms with van der Waals surface area (Å²) in [6, 6.07) is 6.58. The molecule has 0 saturated carbocycles. The molecule has 0 saturated heterocycles. The Morgan fingerprint density at radius 3 is 2.24 bits per heavy atom. The Balaban J connectivity index is 2.71. The SMILES string of the molecule is COC(=O)c1ccc(NC(=O)C(CN)CC(C)(C)C)cc1. The van der Waals surface area contributed by atoms with Crippen molar-refractivity contribution in [2.75, 3.05) is 19.0 Å². The summed E-state index contributed by atoms with van der Waals surface area (Å²) >= 11 is 0. The van der Waals surface area contributed by atoms with E-state index in [0.29, 0.717) is 17.8 Å². The van der Waals surface area contributed by atoms with Crippen LogP contribution in [0.1, 0.15) is 37.6 Å². The van der Waals surface area contributed by atoms with Crippen LogP contribution in [0, 0.1) is 11.3 Å². The molecule has 0 aliphatic heterocycles. The average molecular weight is 292 g/mol. The number of anilines is 1. The minimum absolute atomic E-state index is 0.0378. The van der Waals surface area contributed by atoms with Crippen LogP contribution in [0.15, 0.2) is 24.3 Å². The molecule has 1 aromatic carbocycles. The molecule has 21 heavy (non-hydrogen) atoms. The molecular formula is C16H24N2O3. The summed E-state index contributed by atoms with van der Waals surface area (Å²) in [6.45, 7) is 6.54. The predicted octanol–water partition coefficient (Wildman–Crippen LogP) is 2.42. The van der Waals surface area contributed by atoms with Crippen molar-refractivity contribution in [2.45, 2.75) is 27.2 Å². The van der Waals surface area contributed by atoms with Gasteiger partial charge in [-0.2, -0.15) is 0 Å². The molecule has 3 N–H and O–H groups in total. The Kier molecular flexibility index (Phi) is 5.90. The first-order chi connectivity index (χ1) is 9.76. The smallest absolute Gasteiger partial charge is 0.337 e. The average Bonchev–Trinajstić information content (AvgIpc) is 2.43. The lowest BCUT2D eigenvalue weighted by molar-refractivity contribution is -0.120. The largest absolute Gasteiger partial charge is 0.465 e. The summed E-state index contributed by atoms with van der Waals surface area (Å²) in [5, 5.41) is 2.83. The van der Waals surface area contributed by atoms with Crippen molar-refractivity contribution in [1.29, 1.82) is 0 Å². The van der Waals surface area contributed by atoms with Crippen LogP contribution in [0.3, 0.4) is 0 Å². The maximum atomic E-state index is 12.2. The number of carbonyl (C=O) groups is 2. The number of nitrogens with two attached hydrogens (primary N) is 1. The molecule has 0 heterocycles. The number of benzene rings is 1. The highest BCUT2D eigenvalue weighted by Crippen LogP contribution is 2.25. The molecule has 1 atom stereocenters. The first-order valence-electron chi connectivity index (χ1n) is 6.96. The lowest BCUT2D eigenvalue weighted by Crippen LogP contribution is -2.32. The minimum Gasteiger partial charge on any atom is -0.465 e. The van der Waals surface area contributed by atoms with E-state index in [0.717, 1.165) is 6.42 Å². The van der Waals surface area contributed by atoms with Gasteiger partial charge in [0.05, 0.1) is 18.6 Å². The monoisotopic (exact) mass is 292 g/mol. The van der Waals surface area contributed by atoms with Gasteiger partial charge < -0.3 is 15.8 Å². The summed E-state index contributed by atoms with van der Waals surface area (Å²) in [6.07, 6.45) is 0.718. The molecule has 0 aromatic heterocycles. The van der Waals surface area contributed by atoms with Crippen molar-refractivity contribution >= 4 is 17.6 Å². The molecule has 1 unspecified atom stereocenters. The number of hydrogen-bond donors (Lipinski definition) is 2. The van der Waals surface area contributed by atoms with Gasteiger partial charge in [0.15, 0.2) is 0 Å². The van der Waals surface area contributed by atoms with Gasteiger partial charge in [-0.15, -0.1) is 0 Å². The fourth-order valence-corrected chi connectivity index (χ4v) is 2.07. The number of nitrogens with one attached hydrogen (secondary N) is 1. The van der Waals surface area contributed by atoms with Crippen molar-refractivity contribution in [3.05, 3.63) is 29.8 Å². The molecule has 116 valence electrons. The topological polar surface area (TPSA) is 81.4 Å². The van der Waals surface area contributed by atoms with Gasteiger partial charge in [-0.25, -0.2) is 4.79 Å². The normalized spacial score (nSPS) is 12.6. The third-order valence-corrected chi connectivity index (χ3v) is 3.09. The molecule has 1 rings (SSSR count). The molecule has 5 nitrogen and oxygen atoms in total. The lowest BCUT2D eigenvalue weighted by atomic mass is 9.84. The molecule has 1 aromatic rings. The second-order valence-corrected chi connectivity index (χ2v) is 6.26. The lowest BCUT2D eigenvalue weighted by Gasteiger charge is -2.24. The second-order valence-electron chi connectivity index (χ2n) is 6.26. The minimum atomic E-state index is -0.402. The Bertz CT molecular complexity index is 489. The molecule has 0 aliphatic rings. The first-order valence-corrected chi connectivity index (χ1v) is 6.96. The summed E-state index contributed by atoms with van der Waals surface area (Å²) < 4.78 is 4.62. The van der Waals surface area contributed by atoms with E-state index in [9.17, 15) is 9.59 Å². The zero-order chi connectivity index (χ0) is 16.0. The maximum absolute atomic E-state index is 12.2. The Morgan fingerprint density at radius 1 is 1.24 bits per heavy atom. The fraction of sp³-hybridized carbons (Fsp3) is 0.500. The third kappa shape index (κ3) is 5.55. The van der Waals surface area contributed by atoms with Gasteiger partial charge in [-0.3, -0.25) is 4.79 Å². The van der Waals surface area contributed by atoms with Crippen LogP contribution in [0.4, 0.5) is 5.69 Å². The highest BCUT2D eigenvalue weighted by molar-refractivity contribution is 5.94. The molecule has 0 spiro atoms. The fourth-order valence-electron chi connectivity index (χ4n) is 2.07. The molecule has 0 bridgehead atoms. The van der Waals surface area contributed by atoms with E-state index in [-0.39, 0.29) is 17.2 Å². The number of carbonyl (C=O) groups excluding carboxylic acids is 2. The number of hydrogen-bond acceptors (Lipinski definition) is 4. The van der Waals surface area contributed by atoms with Gasteiger partial charge in [0.25, 0.3) is 0 Å². The van der Waals surface area contributed by atoms with Crippen LogP contribution in [-0.2, 0) is 9.53 Å². The van der Waals surface area contributed by atoms with E-state index >= 15 is 0 Å². The highest BCUT2D eigenvalue weighted by Gasteiger charge is 2.23. The van der Waals surface area contributed by atoms with E-state index in [1.165, 1.54) is 7.11 Å². The van der Waals surface area contributed by atoms with Gasteiger partial charge in [-0.1, -0.05) is 20.8 Å². The number of esters is 1. The zero-order valence-corrected chi connectivity index (χ0v) is 13.1. The number of rotatable bonds is 5. The first kappa shape index (κ1) is 17.2. The Morgan fingerprint density at radius 2 is 1.81 bits per heavy atom.